The van der Waals surface area contributed by atoms with Crippen LogP contribution in [0, 0.1) is 11.8 Å². The molecule has 0 unspecified atom stereocenters. The predicted molar refractivity (Wildman–Crippen MR) is 154 cm³/mol. The summed E-state index contributed by atoms with van der Waals surface area (Å²) in [6.07, 6.45) is 2.38. The number of hydrogen-bond donors (Lipinski definition) is 2. The molecule has 0 spiro atoms. The number of unbranched alkanes of at least 4 members (excludes halogenated alkanes) is 1. The number of rotatable bonds is 12. The summed E-state index contributed by atoms with van der Waals surface area (Å²) in [5.74, 6) is 5.95. The van der Waals surface area contributed by atoms with E-state index in [1.54, 1.807) is 36.4 Å². The highest BCUT2D eigenvalue weighted by atomic mass is 32.2. The van der Waals surface area contributed by atoms with E-state index in [1.165, 1.54) is 7.11 Å². The zero-order valence-electron chi connectivity index (χ0n) is 23.1. The Morgan fingerprint density at radius 2 is 1.78 bits per heavy atom. The van der Waals surface area contributed by atoms with Gasteiger partial charge in [0.2, 0.25) is 11.7 Å². The molecule has 1 saturated heterocycles. The number of benzene rings is 2. The van der Waals surface area contributed by atoms with Crippen LogP contribution in [0.4, 0.5) is 11.8 Å². The molecule has 1 aromatic heterocycles. The molecule has 1 aliphatic heterocycles. The van der Waals surface area contributed by atoms with Gasteiger partial charge in [0.25, 0.3) is 15.9 Å². The first-order valence-corrected chi connectivity index (χ1v) is 14.8. The molecule has 11 nitrogen and oxygen atoms in total. The Bertz CT molecular complexity index is 1480. The number of para-hydroxylation sites is 2. The number of morpholine rings is 1. The third-order valence-corrected chi connectivity index (χ3v) is 7.62. The monoisotopic (exact) mass is 582 g/mol. The van der Waals surface area contributed by atoms with Gasteiger partial charge in [-0.1, -0.05) is 55.5 Å². The van der Waals surface area contributed by atoms with Gasteiger partial charge in [-0.25, -0.2) is 8.42 Å². The Hall–Kier alpha value is -4.05. The molecule has 2 heterocycles. The number of aliphatic hydroxyl groups excluding tert-OH is 1. The average molecular weight is 583 g/mol. The van der Waals surface area contributed by atoms with E-state index < -0.39 is 10.0 Å². The van der Waals surface area contributed by atoms with Crippen molar-refractivity contribution >= 4 is 21.8 Å². The summed E-state index contributed by atoms with van der Waals surface area (Å²) < 4.78 is 53.3. The van der Waals surface area contributed by atoms with E-state index in [4.69, 9.17) is 24.1 Å². The number of aryl methyl sites for hydroxylation is 1. The molecule has 0 amide bonds. The maximum atomic E-state index is 13.8. The number of aromatic nitrogens is 2. The van der Waals surface area contributed by atoms with Gasteiger partial charge >= 0.3 is 0 Å². The molecule has 0 aliphatic carbocycles. The highest BCUT2D eigenvalue weighted by Gasteiger charge is 2.28. The number of aliphatic hydroxyl groups is 1. The van der Waals surface area contributed by atoms with Crippen molar-refractivity contribution in [3.63, 3.8) is 0 Å². The van der Waals surface area contributed by atoms with E-state index in [2.05, 4.69) is 33.5 Å². The molecule has 12 heteroatoms. The lowest BCUT2D eigenvalue weighted by Gasteiger charge is -2.28. The van der Waals surface area contributed by atoms with Crippen molar-refractivity contribution in [1.82, 2.24) is 9.97 Å². The Kier molecular flexibility index (Phi) is 10.6. The second-order valence-corrected chi connectivity index (χ2v) is 10.6. The number of ether oxygens (including phenoxy) is 4. The second-order valence-electron chi connectivity index (χ2n) is 8.98. The van der Waals surface area contributed by atoms with Gasteiger partial charge in [-0.2, -0.15) is 9.97 Å². The topological polar surface area (TPSA) is 132 Å². The molecule has 1 aliphatic rings. The van der Waals surface area contributed by atoms with Crippen molar-refractivity contribution < 1.29 is 32.5 Å². The van der Waals surface area contributed by atoms with E-state index in [-0.39, 0.29) is 41.5 Å². The van der Waals surface area contributed by atoms with Crippen LogP contribution in [0.2, 0.25) is 0 Å². The SMILES string of the molecule is CCCCc1ccccc1S(=O)(=O)Nc1nc(N2CCOCC2)nc(OCC#CCO)c1Oc1ccccc1OC. The van der Waals surface area contributed by atoms with Crippen molar-refractivity contribution in [2.24, 2.45) is 0 Å². The number of nitrogens with one attached hydrogen (secondary N) is 1. The molecule has 2 aromatic carbocycles. The van der Waals surface area contributed by atoms with Gasteiger partial charge in [0.05, 0.1) is 25.2 Å². The minimum atomic E-state index is -4.11. The lowest BCUT2D eigenvalue weighted by atomic mass is 10.1. The highest BCUT2D eigenvalue weighted by molar-refractivity contribution is 7.92. The summed E-state index contributed by atoms with van der Waals surface area (Å²) in [7, 11) is -2.61. The van der Waals surface area contributed by atoms with Gasteiger partial charge in [0.1, 0.15) is 6.61 Å². The van der Waals surface area contributed by atoms with E-state index in [0.717, 1.165) is 12.8 Å². The van der Waals surface area contributed by atoms with Gasteiger partial charge in [-0.05, 0) is 36.6 Å². The first-order chi connectivity index (χ1) is 20.0. The summed E-state index contributed by atoms with van der Waals surface area (Å²) >= 11 is 0. The minimum absolute atomic E-state index is 0.0309. The van der Waals surface area contributed by atoms with Crippen LogP contribution < -0.4 is 23.8 Å². The Morgan fingerprint density at radius 3 is 2.51 bits per heavy atom. The van der Waals surface area contributed by atoms with Crippen LogP contribution in [0.3, 0.4) is 0 Å². The summed E-state index contributed by atoms with van der Waals surface area (Å²) in [6, 6.07) is 13.8. The maximum absolute atomic E-state index is 13.8. The largest absolute Gasteiger partial charge is 0.493 e. The molecule has 0 radical (unpaired) electrons. The maximum Gasteiger partial charge on any atom is 0.266 e. The molecule has 0 bridgehead atoms. The second kappa shape index (κ2) is 14.5. The Morgan fingerprint density at radius 1 is 1.05 bits per heavy atom. The molecule has 4 rings (SSSR count). The van der Waals surface area contributed by atoms with Crippen molar-refractivity contribution in [2.45, 2.75) is 31.1 Å². The predicted octanol–water partition coefficient (Wildman–Crippen LogP) is 3.63. The van der Waals surface area contributed by atoms with Crippen LogP contribution in [0.15, 0.2) is 53.4 Å². The summed E-state index contributed by atoms with van der Waals surface area (Å²) in [5, 5.41) is 9.05. The van der Waals surface area contributed by atoms with Crippen LogP contribution >= 0.6 is 0 Å². The number of nitrogens with zero attached hydrogens (tertiary/aromatic N) is 3. The summed E-state index contributed by atoms with van der Waals surface area (Å²) in [5.41, 5.74) is 0.701. The molecular weight excluding hydrogens is 548 g/mol. The van der Waals surface area contributed by atoms with Crippen molar-refractivity contribution in [3.8, 4) is 35.0 Å². The molecule has 41 heavy (non-hydrogen) atoms. The van der Waals surface area contributed by atoms with Crippen molar-refractivity contribution in [3.05, 3.63) is 54.1 Å². The summed E-state index contributed by atoms with van der Waals surface area (Å²) in [6.45, 7) is 3.52. The number of anilines is 2. The molecule has 3 aromatic rings. The van der Waals surface area contributed by atoms with Gasteiger partial charge in [0.15, 0.2) is 23.9 Å². The van der Waals surface area contributed by atoms with E-state index >= 15 is 0 Å². The first kappa shape index (κ1) is 29.9. The Balaban J connectivity index is 1.84. The van der Waals surface area contributed by atoms with Gasteiger partial charge in [-0.15, -0.1) is 0 Å². The third-order valence-electron chi connectivity index (χ3n) is 6.18. The fourth-order valence-corrected chi connectivity index (χ4v) is 5.40. The van der Waals surface area contributed by atoms with Crippen molar-refractivity contribution in [2.75, 3.05) is 56.2 Å². The average Bonchev–Trinajstić information content (AvgIpc) is 3.00. The van der Waals surface area contributed by atoms with E-state index in [0.29, 0.717) is 49.8 Å². The number of sulfonamides is 1. The molecule has 1 fully saturated rings. The quantitative estimate of drug-likeness (QED) is 0.305. The highest BCUT2D eigenvalue weighted by Crippen LogP contribution is 2.41. The fourth-order valence-electron chi connectivity index (χ4n) is 4.13. The molecule has 2 N–H and O–H groups in total. The molecular formula is C29H34N4O7S. The lowest BCUT2D eigenvalue weighted by molar-refractivity contribution is 0.122. The molecule has 0 atom stereocenters. The normalized spacial score (nSPS) is 13.2. The number of methoxy groups -OCH3 is 1. The molecule has 218 valence electrons. The lowest BCUT2D eigenvalue weighted by Crippen LogP contribution is -2.37. The van der Waals surface area contributed by atoms with E-state index in [9.17, 15) is 8.42 Å². The van der Waals surface area contributed by atoms with Crippen LogP contribution in [-0.4, -0.2) is 70.1 Å². The smallest absolute Gasteiger partial charge is 0.266 e. The summed E-state index contributed by atoms with van der Waals surface area (Å²) in [4.78, 5) is 11.2. The van der Waals surface area contributed by atoms with Gasteiger partial charge < -0.3 is 29.0 Å². The van der Waals surface area contributed by atoms with Gasteiger partial charge in [0, 0.05) is 13.1 Å². The third kappa shape index (κ3) is 7.79. The fraction of sp³-hybridized carbons (Fsp3) is 0.379. The Labute approximate surface area is 240 Å². The van der Waals surface area contributed by atoms with Crippen LogP contribution in [-0.2, 0) is 21.2 Å². The van der Waals surface area contributed by atoms with Crippen LogP contribution in [0.1, 0.15) is 25.3 Å². The molecule has 0 saturated carbocycles. The zero-order chi connectivity index (χ0) is 29.1. The van der Waals surface area contributed by atoms with Crippen LogP contribution in [0.25, 0.3) is 0 Å². The van der Waals surface area contributed by atoms with E-state index in [1.807, 2.05) is 17.0 Å². The number of hydrogen-bond acceptors (Lipinski definition) is 10. The first-order valence-electron chi connectivity index (χ1n) is 13.3. The van der Waals surface area contributed by atoms with Gasteiger partial charge in [-0.3, -0.25) is 4.72 Å². The minimum Gasteiger partial charge on any atom is -0.493 e. The van der Waals surface area contributed by atoms with Crippen molar-refractivity contribution in [1.29, 1.82) is 0 Å². The van der Waals surface area contributed by atoms with Crippen LogP contribution in [0.5, 0.6) is 23.1 Å². The standard InChI is InChI=1S/C29H34N4O7S/c1-3-4-11-22-12-5-8-15-25(22)41(35,36)32-27-26(40-24-14-7-6-13-23(24)37-2)28(39-19-10-9-18-34)31-29(30-27)33-16-20-38-21-17-33/h5-8,12-15,34H,3-4,11,16-21H2,1-2H3,(H,30,31,32). The zero-order valence-corrected chi connectivity index (χ0v) is 23.9.